The van der Waals surface area contributed by atoms with Crippen molar-refractivity contribution in [3.8, 4) is 0 Å². The molecule has 4 heteroatoms. The molecule has 0 unspecified atom stereocenters. The van der Waals surface area contributed by atoms with E-state index in [1.54, 1.807) is 5.94 Å². The van der Waals surface area contributed by atoms with Gasteiger partial charge in [-0.1, -0.05) is 11.8 Å². The Morgan fingerprint density at radius 3 is 2.75 bits per heavy atom. The lowest BCUT2D eigenvalue weighted by molar-refractivity contribution is 0.567. The van der Waals surface area contributed by atoms with Crippen LogP contribution >= 0.6 is 11.8 Å². The molecule has 0 bridgehead atoms. The van der Waals surface area contributed by atoms with Crippen LogP contribution in [0, 0.1) is 0 Å². The van der Waals surface area contributed by atoms with Crippen molar-refractivity contribution in [2.24, 2.45) is 0 Å². The number of thioether (sulfide) groups is 1. The van der Waals surface area contributed by atoms with Crippen LogP contribution in [0.15, 0.2) is 5.03 Å². The van der Waals surface area contributed by atoms with Gasteiger partial charge in [-0.05, 0) is 0 Å². The highest BCUT2D eigenvalue weighted by Crippen LogP contribution is 2.13. The van der Waals surface area contributed by atoms with Crippen LogP contribution in [0.25, 0.3) is 0 Å². The van der Waals surface area contributed by atoms with Crippen LogP contribution in [0.1, 0.15) is 0 Å². The van der Waals surface area contributed by atoms with E-state index in [-0.39, 0.29) is 5.48 Å². The Morgan fingerprint density at radius 1 is 1.75 bits per heavy atom. The molecule has 0 aliphatic carbocycles. The van der Waals surface area contributed by atoms with Gasteiger partial charge in [0.05, 0.1) is 0 Å². The first-order chi connectivity index (χ1) is 3.43. The smallest absolute Gasteiger partial charge is 0.157 e. The van der Waals surface area contributed by atoms with E-state index < -0.39 is 0 Å². The van der Waals surface area contributed by atoms with Crippen LogP contribution in [-0.4, -0.2) is 23.7 Å². The topological polar surface area (TPSA) is 60.6 Å². The summed E-state index contributed by atoms with van der Waals surface area (Å²) in [7, 11) is 0. The van der Waals surface area contributed by atoms with Gasteiger partial charge in [0.2, 0.25) is 0 Å². The number of nitrogens with one attached hydrogen (secondary N) is 1. The lowest BCUT2D eigenvalue weighted by Crippen LogP contribution is -2.03. The summed E-state index contributed by atoms with van der Waals surface area (Å²) in [5.74, 6) is 2.79. The van der Waals surface area contributed by atoms with Gasteiger partial charge in [-0.15, -0.1) is 0 Å². The summed E-state index contributed by atoms with van der Waals surface area (Å²) in [4.78, 5) is 9.76. The third-order valence-corrected chi connectivity index (χ3v) is 1.65. The molecule has 0 aromatic rings. The Morgan fingerprint density at radius 2 is 2.50 bits per heavy atom. The second-order valence-electron chi connectivity index (χ2n) is 1.21. The highest BCUT2D eigenvalue weighted by atomic mass is 32.2. The molecule has 0 aromatic heterocycles. The minimum Gasteiger partial charge on any atom is -0.412 e. The fourth-order valence-electron chi connectivity index (χ4n) is 0.434. The van der Waals surface area contributed by atoms with Crippen LogP contribution in [0.4, 0.5) is 0 Å². The molecule has 3 nitrogen and oxygen atoms in total. The Bertz CT molecular complexity index is 111. The lowest BCUT2D eigenvalue weighted by atomic mass is 10.7. The van der Waals surface area contributed by atoms with Gasteiger partial charge >= 0.3 is 0 Å². The molecule has 46 valence electrons. The molecule has 1 saturated heterocycles. The minimum absolute atomic E-state index is 0. The van der Waals surface area contributed by atoms with Crippen molar-refractivity contribution in [2.75, 3.05) is 12.3 Å². The SMILES string of the molecule is O.O=C=C1NCCS1. The molecular weight excluding hydrogens is 126 g/mol. The highest BCUT2D eigenvalue weighted by molar-refractivity contribution is 8.03. The Labute approximate surface area is 51.5 Å². The van der Waals surface area contributed by atoms with E-state index in [1.165, 1.54) is 11.8 Å². The Kier molecular flexibility index (Phi) is 3.35. The lowest BCUT2D eigenvalue weighted by Gasteiger charge is -1.82. The predicted octanol–water partition coefficient (Wildman–Crippen LogP) is -0.829. The van der Waals surface area contributed by atoms with E-state index in [0.29, 0.717) is 5.03 Å². The quantitative estimate of drug-likeness (QED) is 0.439. The Balaban J connectivity index is 0.000000490. The fraction of sp³-hybridized carbons (Fsp3) is 0.500. The van der Waals surface area contributed by atoms with E-state index in [0.717, 1.165) is 12.3 Å². The van der Waals surface area contributed by atoms with Crippen molar-refractivity contribution in [1.29, 1.82) is 0 Å². The van der Waals surface area contributed by atoms with Crippen molar-refractivity contribution >= 4 is 17.7 Å². The maximum Gasteiger partial charge on any atom is 0.157 e. The average Bonchev–Trinajstić information content (AvgIpc) is 2.14. The molecule has 8 heavy (non-hydrogen) atoms. The van der Waals surface area contributed by atoms with Gasteiger partial charge in [0, 0.05) is 12.3 Å². The summed E-state index contributed by atoms with van der Waals surface area (Å²) in [5, 5.41) is 3.52. The first-order valence-corrected chi connectivity index (χ1v) is 3.04. The summed E-state index contributed by atoms with van der Waals surface area (Å²) < 4.78 is 0. The first kappa shape index (κ1) is 7.56. The zero-order valence-electron chi connectivity index (χ0n) is 4.23. The molecule has 0 aromatic carbocycles. The predicted molar refractivity (Wildman–Crippen MR) is 33.3 cm³/mol. The van der Waals surface area contributed by atoms with Gasteiger partial charge in [0.1, 0.15) is 0 Å². The summed E-state index contributed by atoms with van der Waals surface area (Å²) in [6.07, 6.45) is 0. The third-order valence-electron chi connectivity index (χ3n) is 0.727. The number of rotatable bonds is 0. The van der Waals surface area contributed by atoms with Gasteiger partial charge < -0.3 is 10.8 Å². The maximum atomic E-state index is 9.76. The third kappa shape index (κ3) is 1.58. The number of hydrogen-bond acceptors (Lipinski definition) is 3. The van der Waals surface area contributed by atoms with Crippen LogP contribution < -0.4 is 5.32 Å². The Hall–Kier alpha value is -0.440. The molecule has 1 rings (SSSR count). The normalized spacial score (nSPS) is 16.2. The largest absolute Gasteiger partial charge is 0.412 e. The number of hydrogen-bond donors (Lipinski definition) is 1. The van der Waals surface area contributed by atoms with Gasteiger partial charge in [0.15, 0.2) is 11.0 Å². The molecule has 1 heterocycles. The van der Waals surface area contributed by atoms with E-state index in [4.69, 9.17) is 0 Å². The summed E-state index contributed by atoms with van der Waals surface area (Å²) in [6.45, 7) is 0.912. The molecule has 1 aliphatic heterocycles. The maximum absolute atomic E-state index is 9.76. The monoisotopic (exact) mass is 133 g/mol. The van der Waals surface area contributed by atoms with Gasteiger partial charge in [-0.3, -0.25) is 0 Å². The molecule has 1 aliphatic rings. The highest BCUT2D eigenvalue weighted by Gasteiger charge is 2.04. The van der Waals surface area contributed by atoms with Crippen molar-refractivity contribution < 1.29 is 10.3 Å². The molecule has 0 spiro atoms. The fourth-order valence-corrected chi connectivity index (χ4v) is 1.11. The number of carbonyl (C=O) groups excluding carboxylic acids is 1. The van der Waals surface area contributed by atoms with E-state index >= 15 is 0 Å². The molecule has 0 radical (unpaired) electrons. The van der Waals surface area contributed by atoms with Crippen molar-refractivity contribution in [3.63, 3.8) is 0 Å². The van der Waals surface area contributed by atoms with E-state index in [2.05, 4.69) is 5.32 Å². The zero-order valence-corrected chi connectivity index (χ0v) is 5.05. The summed E-state index contributed by atoms with van der Waals surface area (Å²) >= 11 is 1.52. The summed E-state index contributed by atoms with van der Waals surface area (Å²) in [5.41, 5.74) is 0. The molecule has 0 saturated carbocycles. The van der Waals surface area contributed by atoms with Gasteiger partial charge in [0.25, 0.3) is 0 Å². The second kappa shape index (κ2) is 3.55. The first-order valence-electron chi connectivity index (χ1n) is 2.05. The molecule has 1 fully saturated rings. The van der Waals surface area contributed by atoms with Crippen molar-refractivity contribution in [3.05, 3.63) is 5.03 Å². The second-order valence-corrected chi connectivity index (χ2v) is 2.31. The van der Waals surface area contributed by atoms with Crippen LogP contribution in [0.3, 0.4) is 0 Å². The molecule has 0 amide bonds. The van der Waals surface area contributed by atoms with Gasteiger partial charge in [-0.2, -0.15) is 0 Å². The summed E-state index contributed by atoms with van der Waals surface area (Å²) in [6, 6.07) is 0. The molecule has 3 N–H and O–H groups in total. The van der Waals surface area contributed by atoms with Gasteiger partial charge in [-0.25, -0.2) is 4.79 Å². The minimum atomic E-state index is 0. The van der Waals surface area contributed by atoms with E-state index in [1.807, 2.05) is 0 Å². The average molecular weight is 133 g/mol. The van der Waals surface area contributed by atoms with Crippen LogP contribution in [-0.2, 0) is 4.79 Å². The molecule has 0 atom stereocenters. The van der Waals surface area contributed by atoms with Crippen molar-refractivity contribution in [1.82, 2.24) is 5.32 Å². The molecular formula is C4H7NO2S. The van der Waals surface area contributed by atoms with Crippen LogP contribution in [0.5, 0.6) is 0 Å². The van der Waals surface area contributed by atoms with E-state index in [9.17, 15) is 4.79 Å². The van der Waals surface area contributed by atoms with Crippen molar-refractivity contribution in [2.45, 2.75) is 0 Å². The zero-order chi connectivity index (χ0) is 5.11. The van der Waals surface area contributed by atoms with Crippen LogP contribution in [0.2, 0.25) is 0 Å². The standard InChI is InChI=1S/C4H5NOS.H2O/c6-3-4-5-1-2-7-4;/h5H,1-2H2;1H2.